The molecule has 12 heteroatoms. The SMILES string of the molecule is CCC1OB2OC(C)(C)COc3ccc(C)c1c32.CCC1OB2OC(C)COc3ccc(C)c1c32.CCC1OB2OCCOc3ccc(C)c1c32. The molecular weight excluding hydrogens is 645 g/mol. The van der Waals surface area contributed by atoms with Crippen LogP contribution in [0.15, 0.2) is 36.4 Å². The highest BCUT2D eigenvalue weighted by Gasteiger charge is 2.46. The molecule has 0 saturated heterocycles. The summed E-state index contributed by atoms with van der Waals surface area (Å²) in [5.41, 5.74) is 10.6. The van der Waals surface area contributed by atoms with Crippen LogP contribution in [0.3, 0.4) is 0 Å². The molecule has 0 radical (unpaired) electrons. The second kappa shape index (κ2) is 14.8. The van der Waals surface area contributed by atoms with E-state index in [9.17, 15) is 0 Å². The summed E-state index contributed by atoms with van der Waals surface area (Å²) in [6, 6.07) is 12.4. The molecule has 4 atom stereocenters. The first-order chi connectivity index (χ1) is 24.5. The summed E-state index contributed by atoms with van der Waals surface area (Å²) in [7, 11) is -0.753. The third-order valence-electron chi connectivity index (χ3n) is 10.5. The Morgan fingerprint density at radius 3 is 1.63 bits per heavy atom. The zero-order valence-corrected chi connectivity index (χ0v) is 31.6. The number of aryl methyl sites for hydroxylation is 3. The van der Waals surface area contributed by atoms with Gasteiger partial charge in [0, 0.05) is 16.4 Å². The van der Waals surface area contributed by atoms with Gasteiger partial charge in [0.1, 0.15) is 37.1 Å². The van der Waals surface area contributed by atoms with E-state index in [4.69, 9.17) is 42.1 Å². The molecule has 0 bridgehead atoms. The van der Waals surface area contributed by atoms with Crippen molar-refractivity contribution in [3.05, 3.63) is 69.8 Å². The summed E-state index contributed by atoms with van der Waals surface area (Å²) in [6.07, 6.45) is 3.38. The second-order valence-corrected chi connectivity index (χ2v) is 14.9. The summed E-state index contributed by atoms with van der Waals surface area (Å²) >= 11 is 0. The van der Waals surface area contributed by atoms with Crippen LogP contribution < -0.4 is 30.6 Å². The Morgan fingerprint density at radius 2 is 1.06 bits per heavy atom. The van der Waals surface area contributed by atoms with Crippen LogP contribution in [0.5, 0.6) is 17.2 Å². The van der Waals surface area contributed by atoms with Crippen LogP contribution in [0.4, 0.5) is 0 Å². The van der Waals surface area contributed by atoms with Gasteiger partial charge in [-0.1, -0.05) is 39.0 Å². The van der Waals surface area contributed by atoms with Crippen molar-refractivity contribution in [2.24, 2.45) is 0 Å². The second-order valence-electron chi connectivity index (χ2n) is 14.9. The van der Waals surface area contributed by atoms with Gasteiger partial charge in [-0.25, -0.2) is 0 Å². The molecule has 9 rings (SSSR count). The van der Waals surface area contributed by atoms with Crippen molar-refractivity contribution in [2.45, 2.75) is 112 Å². The van der Waals surface area contributed by atoms with Gasteiger partial charge < -0.3 is 42.1 Å². The van der Waals surface area contributed by atoms with E-state index in [-0.39, 0.29) is 51.4 Å². The fraction of sp³-hybridized carbons (Fsp3) is 0.538. The summed E-state index contributed by atoms with van der Waals surface area (Å²) in [4.78, 5) is 0. The van der Waals surface area contributed by atoms with Gasteiger partial charge in [0.15, 0.2) is 0 Å². The third kappa shape index (κ3) is 6.96. The Labute approximate surface area is 304 Å². The first kappa shape index (κ1) is 36.4. The molecule has 0 saturated carbocycles. The maximum Gasteiger partial charge on any atom is 0.499 e. The predicted octanol–water partition coefficient (Wildman–Crippen LogP) is 5.91. The molecule has 0 fully saturated rings. The monoisotopic (exact) mass is 696 g/mol. The smallest absolute Gasteiger partial charge is 0.492 e. The van der Waals surface area contributed by atoms with Gasteiger partial charge in [-0.15, -0.1) is 0 Å². The number of ether oxygens (including phenoxy) is 3. The van der Waals surface area contributed by atoms with Crippen LogP contribution in [0.25, 0.3) is 0 Å². The zero-order valence-electron chi connectivity index (χ0n) is 31.6. The Bertz CT molecular complexity index is 1750. The highest BCUT2D eigenvalue weighted by Crippen LogP contribution is 2.38. The number of hydrogen-bond acceptors (Lipinski definition) is 9. The van der Waals surface area contributed by atoms with Gasteiger partial charge in [-0.05, 0) is 112 Å². The molecule has 9 nitrogen and oxygen atoms in total. The average molecular weight is 696 g/mol. The molecule has 0 N–H and O–H groups in total. The minimum Gasteiger partial charge on any atom is -0.492 e. The molecule has 270 valence electrons. The first-order valence-electron chi connectivity index (χ1n) is 18.7. The van der Waals surface area contributed by atoms with Crippen molar-refractivity contribution < 1.29 is 42.1 Å². The third-order valence-corrected chi connectivity index (χ3v) is 10.5. The minimum atomic E-state index is -0.322. The summed E-state index contributed by atoms with van der Waals surface area (Å²) in [5, 5.41) is 0. The normalized spacial score (nSPS) is 24.5. The predicted molar refractivity (Wildman–Crippen MR) is 200 cm³/mol. The molecule has 4 unspecified atom stereocenters. The van der Waals surface area contributed by atoms with Gasteiger partial charge >= 0.3 is 21.4 Å². The lowest BCUT2D eigenvalue weighted by atomic mass is 9.76. The van der Waals surface area contributed by atoms with E-state index < -0.39 is 0 Å². The Balaban J connectivity index is 0.000000120. The van der Waals surface area contributed by atoms with Crippen molar-refractivity contribution in [3.63, 3.8) is 0 Å². The largest absolute Gasteiger partial charge is 0.499 e. The topological polar surface area (TPSA) is 83.1 Å². The maximum absolute atomic E-state index is 6.07. The van der Waals surface area contributed by atoms with E-state index in [0.717, 1.165) is 52.9 Å². The molecular formula is C39H51B3O9. The van der Waals surface area contributed by atoms with E-state index in [0.29, 0.717) is 26.4 Å². The first-order valence-corrected chi connectivity index (χ1v) is 18.7. The molecule has 51 heavy (non-hydrogen) atoms. The van der Waals surface area contributed by atoms with E-state index in [1.807, 2.05) is 39.0 Å². The molecule has 3 aromatic carbocycles. The van der Waals surface area contributed by atoms with Crippen LogP contribution in [-0.4, -0.2) is 59.5 Å². The van der Waals surface area contributed by atoms with E-state index >= 15 is 0 Å². The van der Waals surface area contributed by atoms with E-state index in [2.05, 4.69) is 59.7 Å². The quantitative estimate of drug-likeness (QED) is 0.311. The molecule has 6 aliphatic heterocycles. The van der Waals surface area contributed by atoms with Crippen molar-refractivity contribution in [2.75, 3.05) is 26.4 Å². The van der Waals surface area contributed by atoms with Crippen LogP contribution in [0.2, 0.25) is 0 Å². The molecule has 0 aromatic heterocycles. The fourth-order valence-corrected chi connectivity index (χ4v) is 7.97. The average Bonchev–Trinajstić information content (AvgIpc) is 3.68. The van der Waals surface area contributed by atoms with Gasteiger partial charge in [0.2, 0.25) is 0 Å². The van der Waals surface area contributed by atoms with E-state index in [1.54, 1.807) is 0 Å². The van der Waals surface area contributed by atoms with Crippen LogP contribution in [-0.2, 0) is 27.9 Å². The van der Waals surface area contributed by atoms with Crippen molar-refractivity contribution in [1.82, 2.24) is 0 Å². The van der Waals surface area contributed by atoms with Gasteiger partial charge in [0.25, 0.3) is 0 Å². The molecule has 0 amide bonds. The highest BCUT2D eigenvalue weighted by atomic mass is 16.6. The van der Waals surface area contributed by atoms with Crippen molar-refractivity contribution >= 4 is 37.7 Å². The van der Waals surface area contributed by atoms with Crippen LogP contribution in [0, 0.1) is 20.8 Å². The Hall–Kier alpha value is -2.99. The number of hydrogen-bond donors (Lipinski definition) is 0. The van der Waals surface area contributed by atoms with Gasteiger partial charge in [-0.2, -0.15) is 0 Å². The molecule has 0 spiro atoms. The molecule has 6 aliphatic rings. The van der Waals surface area contributed by atoms with Gasteiger partial charge in [-0.3, -0.25) is 0 Å². The Kier molecular flexibility index (Phi) is 10.6. The lowest BCUT2D eigenvalue weighted by molar-refractivity contribution is 0.0268. The minimum absolute atomic E-state index is 0.0659. The summed E-state index contributed by atoms with van der Waals surface area (Å²) in [6.45, 7) is 21.2. The van der Waals surface area contributed by atoms with Crippen LogP contribution in [0.1, 0.15) is 112 Å². The zero-order chi connectivity index (χ0) is 36.0. The number of rotatable bonds is 3. The van der Waals surface area contributed by atoms with Crippen LogP contribution >= 0.6 is 0 Å². The summed E-state index contributed by atoms with van der Waals surface area (Å²) in [5.74, 6) is 2.78. The fourth-order valence-electron chi connectivity index (χ4n) is 7.97. The lowest BCUT2D eigenvalue weighted by Crippen LogP contribution is -2.40. The molecule has 0 aliphatic carbocycles. The summed E-state index contributed by atoms with van der Waals surface area (Å²) < 4.78 is 53.0. The standard InChI is InChI=1S/C14H19BO3.C13H17BO3.C12H15BO3/c1-5-10-12-9(2)6-7-11-13(12)15(17-10)18-14(3,4)8-16-11;1-4-10-12-8(2)5-6-11-13(12)14(17-10)16-9(3)7-15-11;1-3-9-11-8(2)4-5-10-12(11)13(16-9)15-7-6-14-10/h6-7,10H,5,8H2,1-4H3;5-6,9-10H,4,7H2,1-3H3;4-5,9H,3,6-7H2,1-2H3. The highest BCUT2D eigenvalue weighted by molar-refractivity contribution is 6.65. The molecule has 3 aromatic rings. The molecule has 6 heterocycles. The lowest BCUT2D eigenvalue weighted by Gasteiger charge is -2.25. The van der Waals surface area contributed by atoms with Gasteiger partial charge in [0.05, 0.1) is 36.6 Å². The Morgan fingerprint density at radius 1 is 0.588 bits per heavy atom. The number of benzene rings is 3. The van der Waals surface area contributed by atoms with Crippen molar-refractivity contribution in [1.29, 1.82) is 0 Å². The van der Waals surface area contributed by atoms with E-state index in [1.165, 1.54) is 33.4 Å². The van der Waals surface area contributed by atoms with Crippen molar-refractivity contribution in [3.8, 4) is 17.2 Å². The maximum atomic E-state index is 6.07.